The second-order valence-corrected chi connectivity index (χ2v) is 5.69. The molecule has 88 valence electrons. The Morgan fingerprint density at radius 3 is 1.29 bits per heavy atom. The molecule has 2 aromatic rings. The molecule has 2 aromatic carbocycles. The summed E-state index contributed by atoms with van der Waals surface area (Å²) in [5, 5.41) is 0.669. The number of rotatable bonds is 2. The molecule has 0 N–H and O–H groups in total. The van der Waals surface area contributed by atoms with Gasteiger partial charge in [-0.2, -0.15) is 13.2 Å². The molecule has 0 saturated carbocycles. The van der Waals surface area contributed by atoms with Gasteiger partial charge in [0.1, 0.15) is 0 Å². The van der Waals surface area contributed by atoms with E-state index in [-0.39, 0.29) is 0 Å². The van der Waals surface area contributed by atoms with Gasteiger partial charge < -0.3 is 0 Å². The van der Waals surface area contributed by atoms with Crippen LogP contribution in [0.5, 0.6) is 0 Å². The first-order chi connectivity index (χ1) is 8.09. The molecule has 0 aliphatic rings. The molecule has 0 aliphatic carbocycles. The van der Waals surface area contributed by atoms with Gasteiger partial charge in [-0.25, -0.2) is 0 Å². The van der Waals surface area contributed by atoms with E-state index in [0.29, 0.717) is 10.6 Å². The van der Waals surface area contributed by atoms with E-state index in [1.165, 1.54) is 24.3 Å². The van der Waals surface area contributed by atoms with Crippen LogP contribution in [0.25, 0.3) is 0 Å². The first-order valence-corrected chi connectivity index (χ1v) is 6.40. The third-order valence-electron chi connectivity index (χ3n) is 2.28. The normalized spacial score (nSPS) is 11.8. The maximum absolute atomic E-state index is 13.1. The Hall–Kier alpha value is -1.34. The van der Waals surface area contributed by atoms with Gasteiger partial charge in [0, 0.05) is 0 Å². The van der Waals surface area contributed by atoms with Gasteiger partial charge in [-0.3, -0.25) is 0 Å². The molecule has 0 amide bonds. The average Bonchev–Trinajstić information content (AvgIpc) is 2.30. The van der Waals surface area contributed by atoms with Crippen molar-refractivity contribution in [3.8, 4) is 0 Å². The van der Waals surface area contributed by atoms with Crippen molar-refractivity contribution in [2.45, 2.75) is 5.92 Å². The predicted molar refractivity (Wildman–Crippen MR) is 65.1 cm³/mol. The molecule has 2 rings (SSSR count). The van der Waals surface area contributed by atoms with Crippen LogP contribution in [-0.2, 0) is 0 Å². The maximum atomic E-state index is 13.1. The van der Waals surface area contributed by atoms with Crippen LogP contribution >= 0.6 is 7.92 Å². The van der Waals surface area contributed by atoms with Crippen molar-refractivity contribution in [2.24, 2.45) is 0 Å². The number of alkyl halides is 3. The zero-order valence-electron chi connectivity index (χ0n) is 8.85. The summed E-state index contributed by atoms with van der Waals surface area (Å²) in [7, 11) is -2.29. The highest BCUT2D eigenvalue weighted by atomic mass is 31.1. The Labute approximate surface area is 98.8 Å². The molecule has 0 heterocycles. The van der Waals surface area contributed by atoms with E-state index in [0.717, 1.165) is 0 Å². The Morgan fingerprint density at radius 2 is 1.00 bits per heavy atom. The summed E-state index contributed by atoms with van der Waals surface area (Å²) in [4.78, 5) is 0. The Kier molecular flexibility index (Phi) is 3.49. The molecule has 0 fully saturated rings. The molecule has 0 bridgehead atoms. The van der Waals surface area contributed by atoms with Crippen LogP contribution < -0.4 is 10.6 Å². The van der Waals surface area contributed by atoms with Gasteiger partial charge in [0.05, 0.1) is 7.92 Å². The molecule has 0 atom stereocenters. The number of halogens is 3. The summed E-state index contributed by atoms with van der Waals surface area (Å²) in [6, 6.07) is 16.1. The molecule has 0 aliphatic heterocycles. The van der Waals surface area contributed by atoms with Gasteiger partial charge in [0.2, 0.25) is 0 Å². The van der Waals surface area contributed by atoms with Gasteiger partial charge in [0.15, 0.2) is 0 Å². The fourth-order valence-electron chi connectivity index (χ4n) is 1.60. The van der Waals surface area contributed by atoms with Gasteiger partial charge in [0.25, 0.3) is 0 Å². The van der Waals surface area contributed by atoms with Crippen LogP contribution in [0.1, 0.15) is 0 Å². The van der Waals surface area contributed by atoms with Crippen LogP contribution in [0.15, 0.2) is 60.7 Å². The fourth-order valence-corrected chi connectivity index (χ4v) is 3.42. The average molecular weight is 254 g/mol. The molecule has 0 aromatic heterocycles. The summed E-state index contributed by atoms with van der Waals surface area (Å²) in [6.07, 6.45) is 0. The van der Waals surface area contributed by atoms with Crippen molar-refractivity contribution in [2.75, 3.05) is 0 Å². The standard InChI is InChI=1S/C13H10F3P/c14-13(15,16)17(11-7-3-1-4-8-11)12-9-5-2-6-10-12/h1-10H. The summed E-state index contributed by atoms with van der Waals surface area (Å²) < 4.78 is 39.4. The van der Waals surface area contributed by atoms with E-state index in [1.54, 1.807) is 36.4 Å². The SMILES string of the molecule is FC(F)(F)P(c1ccccc1)c1ccccc1. The van der Waals surface area contributed by atoms with Gasteiger partial charge in [-0.15, -0.1) is 0 Å². The van der Waals surface area contributed by atoms with E-state index < -0.39 is 13.8 Å². The van der Waals surface area contributed by atoms with Crippen LogP contribution in [0.4, 0.5) is 13.2 Å². The predicted octanol–water partition coefficient (Wildman–Crippen LogP) is 3.64. The number of hydrogen-bond donors (Lipinski definition) is 0. The summed E-state index contributed by atoms with van der Waals surface area (Å²) >= 11 is 0. The molecule has 4 heteroatoms. The van der Waals surface area contributed by atoms with E-state index in [2.05, 4.69) is 0 Å². The molecule has 0 unspecified atom stereocenters. The second-order valence-electron chi connectivity index (χ2n) is 3.47. The van der Waals surface area contributed by atoms with Gasteiger partial charge >= 0.3 is 5.92 Å². The van der Waals surface area contributed by atoms with E-state index in [9.17, 15) is 13.2 Å². The Bertz CT molecular complexity index is 426. The minimum Gasteiger partial charge on any atom is -0.166 e. The largest absolute Gasteiger partial charge is 0.413 e. The summed E-state index contributed by atoms with van der Waals surface area (Å²) in [5.41, 5.74) is 0. The number of hydrogen-bond acceptors (Lipinski definition) is 0. The topological polar surface area (TPSA) is 0 Å². The van der Waals surface area contributed by atoms with Crippen LogP contribution in [0, 0.1) is 0 Å². The van der Waals surface area contributed by atoms with Crippen LogP contribution in [-0.4, -0.2) is 5.92 Å². The molecule has 0 radical (unpaired) electrons. The highest BCUT2D eigenvalue weighted by molar-refractivity contribution is 7.73. The molecule has 17 heavy (non-hydrogen) atoms. The summed E-state index contributed by atoms with van der Waals surface area (Å²) in [5.74, 6) is -4.21. The third kappa shape index (κ3) is 2.86. The zero-order valence-corrected chi connectivity index (χ0v) is 9.75. The summed E-state index contributed by atoms with van der Waals surface area (Å²) in [6.45, 7) is 0. The van der Waals surface area contributed by atoms with Crippen LogP contribution in [0.3, 0.4) is 0 Å². The monoisotopic (exact) mass is 254 g/mol. The quantitative estimate of drug-likeness (QED) is 0.718. The Balaban J connectivity index is 2.48. The first kappa shape index (κ1) is 12.1. The smallest absolute Gasteiger partial charge is 0.166 e. The van der Waals surface area contributed by atoms with Gasteiger partial charge in [-0.05, 0) is 10.6 Å². The zero-order chi connectivity index (χ0) is 12.3. The minimum atomic E-state index is -4.21. The highest BCUT2D eigenvalue weighted by Crippen LogP contribution is 2.51. The molecular formula is C13H10F3P. The lowest BCUT2D eigenvalue weighted by molar-refractivity contribution is -0.0379. The molecule has 0 saturated heterocycles. The number of benzene rings is 2. The van der Waals surface area contributed by atoms with Crippen molar-refractivity contribution in [3.05, 3.63) is 60.7 Å². The molecular weight excluding hydrogens is 244 g/mol. The molecule has 0 nitrogen and oxygen atoms in total. The lowest BCUT2D eigenvalue weighted by Crippen LogP contribution is -2.22. The minimum absolute atomic E-state index is 0.334. The lowest BCUT2D eigenvalue weighted by atomic mass is 10.4. The van der Waals surface area contributed by atoms with Crippen molar-refractivity contribution in [3.63, 3.8) is 0 Å². The van der Waals surface area contributed by atoms with Crippen molar-refractivity contribution in [1.82, 2.24) is 0 Å². The highest BCUT2D eigenvalue weighted by Gasteiger charge is 2.41. The van der Waals surface area contributed by atoms with E-state index >= 15 is 0 Å². The van der Waals surface area contributed by atoms with Crippen molar-refractivity contribution >= 4 is 18.5 Å². The second kappa shape index (κ2) is 4.89. The van der Waals surface area contributed by atoms with Crippen molar-refractivity contribution < 1.29 is 13.2 Å². The third-order valence-corrected chi connectivity index (χ3v) is 4.42. The van der Waals surface area contributed by atoms with Gasteiger partial charge in [-0.1, -0.05) is 60.7 Å². The Morgan fingerprint density at radius 1 is 0.647 bits per heavy atom. The van der Waals surface area contributed by atoms with E-state index in [4.69, 9.17) is 0 Å². The first-order valence-electron chi connectivity index (χ1n) is 5.06. The maximum Gasteiger partial charge on any atom is 0.413 e. The van der Waals surface area contributed by atoms with Crippen molar-refractivity contribution in [1.29, 1.82) is 0 Å². The van der Waals surface area contributed by atoms with E-state index in [1.807, 2.05) is 0 Å². The van der Waals surface area contributed by atoms with Crippen LogP contribution in [0.2, 0.25) is 0 Å². The lowest BCUT2D eigenvalue weighted by Gasteiger charge is -2.21. The molecule has 0 spiro atoms. The fraction of sp³-hybridized carbons (Fsp3) is 0.0769.